The van der Waals surface area contributed by atoms with Crippen LogP contribution in [0.15, 0.2) is 39.5 Å². The average molecular weight is 284 g/mol. The lowest BCUT2D eigenvalue weighted by Crippen LogP contribution is -2.21. The molecule has 0 aromatic heterocycles. The number of phenolic OH excluding ortho intramolecular Hbond substituents is 1. The van der Waals surface area contributed by atoms with Crippen LogP contribution in [0, 0.1) is 0 Å². The van der Waals surface area contributed by atoms with Crippen LogP contribution in [0.25, 0.3) is 22.6 Å². The van der Waals surface area contributed by atoms with E-state index in [4.69, 9.17) is 4.42 Å². The first-order valence-corrected chi connectivity index (χ1v) is 6.95. The molecule has 0 saturated heterocycles. The summed E-state index contributed by atoms with van der Waals surface area (Å²) in [6.45, 7) is 5.97. The highest BCUT2D eigenvalue weighted by Crippen LogP contribution is 2.31. The molecule has 0 spiro atoms. The molecule has 2 aliphatic rings. The van der Waals surface area contributed by atoms with Gasteiger partial charge in [0.2, 0.25) is 0 Å². The molecule has 5 nitrogen and oxygen atoms in total. The predicted octanol–water partition coefficient (Wildman–Crippen LogP) is 2.84. The molecule has 3 rings (SSSR count). The lowest BCUT2D eigenvalue weighted by molar-refractivity contribution is 0.470. The Morgan fingerprint density at radius 3 is 2.67 bits per heavy atom. The van der Waals surface area contributed by atoms with Gasteiger partial charge in [-0.25, -0.2) is 4.98 Å². The van der Waals surface area contributed by atoms with E-state index in [9.17, 15) is 9.90 Å². The molecular weight excluding hydrogens is 268 g/mol. The Labute approximate surface area is 121 Å². The van der Waals surface area contributed by atoms with Gasteiger partial charge in [0.1, 0.15) is 17.0 Å². The monoisotopic (exact) mass is 284 g/mol. The fourth-order valence-corrected chi connectivity index (χ4v) is 2.46. The first-order chi connectivity index (χ1) is 10.1. The molecule has 0 amide bonds. The molecule has 1 aliphatic heterocycles. The maximum absolute atomic E-state index is 11.5. The zero-order valence-corrected chi connectivity index (χ0v) is 12.0. The maximum atomic E-state index is 11.5. The number of aromatic hydroxyl groups is 1. The summed E-state index contributed by atoms with van der Waals surface area (Å²) >= 11 is 0. The number of hydrogen-bond acceptors (Lipinski definition) is 5. The van der Waals surface area contributed by atoms with Crippen LogP contribution in [0.3, 0.4) is 0 Å². The summed E-state index contributed by atoms with van der Waals surface area (Å²) in [6, 6.07) is 8.22. The minimum atomic E-state index is -0.301. The number of phenols is 1. The molecule has 5 heteroatoms. The van der Waals surface area contributed by atoms with Crippen LogP contribution in [0.2, 0.25) is 0 Å². The van der Waals surface area contributed by atoms with Gasteiger partial charge in [-0.15, -0.1) is 0 Å². The molecule has 0 saturated carbocycles. The first-order valence-electron chi connectivity index (χ1n) is 6.95. The fourth-order valence-electron chi connectivity index (χ4n) is 2.46. The Balaban J connectivity index is 2.25. The molecule has 0 radical (unpaired) electrons. The highest BCUT2D eigenvalue weighted by molar-refractivity contribution is 5.81. The molecule has 0 bridgehead atoms. The number of anilines is 1. The first kappa shape index (κ1) is 13.4. The van der Waals surface area contributed by atoms with Crippen molar-refractivity contribution in [3.63, 3.8) is 0 Å². The van der Waals surface area contributed by atoms with E-state index in [1.165, 1.54) is 6.07 Å². The average Bonchev–Trinajstić information content (AvgIpc) is 2.46. The van der Waals surface area contributed by atoms with Crippen LogP contribution < -0.4 is 10.3 Å². The van der Waals surface area contributed by atoms with Crippen LogP contribution in [0.4, 0.5) is 5.69 Å². The topological polar surface area (TPSA) is 66.6 Å². The summed E-state index contributed by atoms with van der Waals surface area (Å²) < 4.78 is 5.74. The second-order valence-electron chi connectivity index (χ2n) is 4.83. The van der Waals surface area contributed by atoms with Gasteiger partial charge in [0.15, 0.2) is 16.8 Å². The minimum absolute atomic E-state index is 0.157. The van der Waals surface area contributed by atoms with Crippen molar-refractivity contribution in [1.29, 1.82) is 0 Å². The number of fused-ring (bicyclic) bond motifs is 2. The Morgan fingerprint density at radius 1 is 1.19 bits per heavy atom. The Morgan fingerprint density at radius 2 is 1.95 bits per heavy atom. The molecule has 21 heavy (non-hydrogen) atoms. The molecule has 1 heterocycles. The number of hydrogen-bond donors (Lipinski definition) is 1. The van der Waals surface area contributed by atoms with Crippen LogP contribution in [0.5, 0.6) is 5.75 Å². The lowest BCUT2D eigenvalue weighted by Gasteiger charge is -2.21. The molecule has 1 aliphatic carbocycles. The molecular formula is C16H16N2O3. The van der Waals surface area contributed by atoms with Gasteiger partial charge < -0.3 is 14.4 Å². The lowest BCUT2D eigenvalue weighted by atomic mass is 10.2. The van der Waals surface area contributed by atoms with Crippen LogP contribution in [-0.2, 0) is 0 Å². The van der Waals surface area contributed by atoms with Crippen LogP contribution >= 0.6 is 0 Å². The van der Waals surface area contributed by atoms with Gasteiger partial charge >= 0.3 is 0 Å². The molecule has 0 unspecified atom stereocenters. The summed E-state index contributed by atoms with van der Waals surface area (Å²) in [5.74, 6) is 0.139. The molecule has 1 aromatic carbocycles. The van der Waals surface area contributed by atoms with Gasteiger partial charge in [0, 0.05) is 37.0 Å². The number of aromatic nitrogens is 1. The SMILES string of the molecule is CCN(CC)c1ccc2nc3c(O)cc(=O)cc-3oc2c1. The normalized spacial score (nSPS) is 11.1. The maximum Gasteiger partial charge on any atom is 0.186 e. The van der Waals surface area contributed by atoms with E-state index in [2.05, 4.69) is 23.7 Å². The van der Waals surface area contributed by atoms with Crippen molar-refractivity contribution in [2.45, 2.75) is 13.8 Å². The van der Waals surface area contributed by atoms with E-state index in [1.54, 1.807) is 0 Å². The second kappa shape index (κ2) is 5.09. The highest BCUT2D eigenvalue weighted by Gasteiger charge is 2.15. The molecule has 108 valence electrons. The van der Waals surface area contributed by atoms with Crippen molar-refractivity contribution in [1.82, 2.24) is 4.98 Å². The van der Waals surface area contributed by atoms with Crippen molar-refractivity contribution in [2.75, 3.05) is 18.0 Å². The summed E-state index contributed by atoms with van der Waals surface area (Å²) in [4.78, 5) is 18.0. The third-order valence-electron chi connectivity index (χ3n) is 3.55. The van der Waals surface area contributed by atoms with Crippen molar-refractivity contribution in [3.05, 3.63) is 40.6 Å². The smallest absolute Gasteiger partial charge is 0.186 e. The van der Waals surface area contributed by atoms with Crippen molar-refractivity contribution < 1.29 is 9.52 Å². The van der Waals surface area contributed by atoms with Crippen molar-refractivity contribution in [3.8, 4) is 17.2 Å². The van der Waals surface area contributed by atoms with Gasteiger partial charge in [0.25, 0.3) is 0 Å². The Kier molecular flexibility index (Phi) is 3.25. The van der Waals surface area contributed by atoms with Crippen molar-refractivity contribution in [2.24, 2.45) is 0 Å². The van der Waals surface area contributed by atoms with E-state index < -0.39 is 0 Å². The van der Waals surface area contributed by atoms with Gasteiger partial charge in [-0.05, 0) is 26.0 Å². The largest absolute Gasteiger partial charge is 0.505 e. The van der Waals surface area contributed by atoms with Gasteiger partial charge in [0.05, 0.1) is 0 Å². The molecule has 0 fully saturated rings. The van der Waals surface area contributed by atoms with E-state index >= 15 is 0 Å². The summed E-state index contributed by atoms with van der Waals surface area (Å²) in [6.07, 6.45) is 0. The second-order valence-corrected chi connectivity index (χ2v) is 4.83. The zero-order chi connectivity index (χ0) is 15.0. The van der Waals surface area contributed by atoms with E-state index in [1.807, 2.05) is 18.2 Å². The van der Waals surface area contributed by atoms with Crippen LogP contribution in [-0.4, -0.2) is 23.2 Å². The Bertz CT molecular complexity index is 822. The third kappa shape index (κ3) is 2.31. The van der Waals surface area contributed by atoms with E-state index in [0.29, 0.717) is 22.6 Å². The van der Waals surface area contributed by atoms with Crippen LogP contribution in [0.1, 0.15) is 13.8 Å². The third-order valence-corrected chi connectivity index (χ3v) is 3.55. The fraction of sp³-hybridized carbons (Fsp3) is 0.250. The van der Waals surface area contributed by atoms with Gasteiger partial charge in [-0.1, -0.05) is 0 Å². The number of benzene rings is 2. The molecule has 0 atom stereocenters. The van der Waals surface area contributed by atoms with E-state index in [-0.39, 0.29) is 11.2 Å². The summed E-state index contributed by atoms with van der Waals surface area (Å²) in [7, 11) is 0. The standard InChI is InChI=1S/C16H16N2O3/c1-3-18(4-2)10-5-6-12-14(7-10)21-15-9-11(19)8-13(20)16(15)17-12/h5-9,20H,3-4H2,1-2H3. The number of rotatable bonds is 3. The molecule has 1 N–H and O–H groups in total. The number of nitrogens with zero attached hydrogens (tertiary/aromatic N) is 2. The van der Waals surface area contributed by atoms with Gasteiger partial charge in [-0.3, -0.25) is 4.79 Å². The quantitative estimate of drug-likeness (QED) is 0.749. The summed E-state index contributed by atoms with van der Waals surface area (Å²) in [5.41, 5.74) is 2.28. The van der Waals surface area contributed by atoms with E-state index in [0.717, 1.165) is 24.8 Å². The summed E-state index contributed by atoms with van der Waals surface area (Å²) in [5, 5.41) is 9.80. The molecule has 1 aromatic rings. The van der Waals surface area contributed by atoms with Gasteiger partial charge in [-0.2, -0.15) is 0 Å². The zero-order valence-electron chi connectivity index (χ0n) is 12.0. The van der Waals surface area contributed by atoms with Crippen molar-refractivity contribution >= 4 is 16.8 Å². The highest BCUT2D eigenvalue weighted by atomic mass is 16.3. The Hall–Kier alpha value is -2.56. The minimum Gasteiger partial charge on any atom is -0.505 e. The predicted molar refractivity (Wildman–Crippen MR) is 82.1 cm³/mol.